The van der Waals surface area contributed by atoms with Gasteiger partial charge in [0.2, 0.25) is 15.0 Å². The monoisotopic (exact) mass is 388 g/mol. The summed E-state index contributed by atoms with van der Waals surface area (Å²) in [5.74, 6) is 0.500. The number of fused-ring (bicyclic) bond motifs is 3. The Bertz CT molecular complexity index is 1080. The Kier molecular flexibility index (Phi) is 4.76. The molecule has 7 heteroatoms. The van der Waals surface area contributed by atoms with Crippen LogP contribution in [0.5, 0.6) is 5.75 Å². The van der Waals surface area contributed by atoms with E-state index < -0.39 is 15.3 Å². The van der Waals surface area contributed by atoms with Crippen molar-refractivity contribution in [3.05, 3.63) is 52.3 Å². The summed E-state index contributed by atoms with van der Waals surface area (Å²) >= 11 is 0. The van der Waals surface area contributed by atoms with E-state index in [1.54, 1.807) is 14.0 Å². The minimum absolute atomic E-state index is 0.0920. The molecule has 6 nitrogen and oxygen atoms in total. The highest BCUT2D eigenvalue weighted by Crippen LogP contribution is 2.42. The lowest BCUT2D eigenvalue weighted by Gasteiger charge is -2.33. The molecule has 0 amide bonds. The molecule has 1 heterocycles. The van der Waals surface area contributed by atoms with Crippen molar-refractivity contribution in [3.63, 3.8) is 0 Å². The lowest BCUT2D eigenvalue weighted by atomic mass is 9.72. The van der Waals surface area contributed by atoms with Gasteiger partial charge in [-0.25, -0.2) is 13.4 Å². The van der Waals surface area contributed by atoms with E-state index in [4.69, 9.17) is 4.74 Å². The molecule has 0 radical (unpaired) electrons. The molecule has 1 aromatic carbocycles. The van der Waals surface area contributed by atoms with Gasteiger partial charge in [-0.2, -0.15) is 0 Å². The van der Waals surface area contributed by atoms with E-state index in [1.807, 2.05) is 32.0 Å². The normalized spacial score (nSPS) is 15.0. The number of sulfone groups is 1. The van der Waals surface area contributed by atoms with Crippen LogP contribution in [0.25, 0.3) is 11.3 Å². The first kappa shape index (κ1) is 19.4. The van der Waals surface area contributed by atoms with Crippen molar-refractivity contribution < 1.29 is 13.2 Å². The highest BCUT2D eigenvalue weighted by molar-refractivity contribution is 7.91. The number of aromatic nitrogens is 2. The third kappa shape index (κ3) is 3.10. The second-order valence-electron chi connectivity index (χ2n) is 7.31. The average Bonchev–Trinajstić information content (AvgIpc) is 2.62. The van der Waals surface area contributed by atoms with E-state index >= 15 is 0 Å². The van der Waals surface area contributed by atoms with E-state index in [0.717, 1.165) is 11.1 Å². The highest BCUT2D eigenvalue weighted by atomic mass is 32.2. The van der Waals surface area contributed by atoms with Crippen LogP contribution in [0, 0.1) is 0 Å². The average molecular weight is 388 g/mol. The molecule has 0 spiro atoms. The quantitative estimate of drug-likeness (QED) is 0.581. The SMILES string of the molecule is C=CCn1c(S(=O)(=O)CC)nc2c(c1=O)C(C)(C)Cc1ccc(OC)cc1-2. The third-order valence-electron chi connectivity index (χ3n) is 4.99. The fraction of sp³-hybridized carbons (Fsp3) is 0.400. The number of benzene rings is 1. The van der Waals surface area contributed by atoms with Gasteiger partial charge in [0.1, 0.15) is 5.75 Å². The predicted octanol–water partition coefficient (Wildman–Crippen LogP) is 2.73. The van der Waals surface area contributed by atoms with Crippen LogP contribution < -0.4 is 10.3 Å². The lowest BCUT2D eigenvalue weighted by Crippen LogP contribution is -2.39. The Hall–Kier alpha value is -2.41. The van der Waals surface area contributed by atoms with Gasteiger partial charge < -0.3 is 4.74 Å². The summed E-state index contributed by atoms with van der Waals surface area (Å²) in [7, 11) is -2.12. The van der Waals surface area contributed by atoms with Crippen molar-refractivity contribution in [2.45, 2.75) is 44.3 Å². The van der Waals surface area contributed by atoms with E-state index in [9.17, 15) is 13.2 Å². The van der Waals surface area contributed by atoms with Crippen molar-refractivity contribution in [3.8, 4) is 17.0 Å². The second kappa shape index (κ2) is 6.64. The van der Waals surface area contributed by atoms with Crippen LogP contribution in [-0.4, -0.2) is 30.8 Å². The third-order valence-corrected chi connectivity index (χ3v) is 6.61. The van der Waals surface area contributed by atoms with Gasteiger partial charge >= 0.3 is 0 Å². The molecule has 0 saturated heterocycles. The number of allylic oxidation sites excluding steroid dienone is 1. The standard InChI is InChI=1S/C20H24N2O4S/c1-6-10-22-18(23)16-17(21-19(22)27(24,25)7-2)15-11-14(26-5)9-8-13(15)12-20(16,3)4/h6,8-9,11H,1,7,10,12H2,2-5H3. The van der Waals surface area contributed by atoms with Crippen molar-refractivity contribution in [2.75, 3.05) is 12.9 Å². The van der Waals surface area contributed by atoms with Crippen molar-refractivity contribution in [2.24, 2.45) is 0 Å². The lowest BCUT2D eigenvalue weighted by molar-refractivity contribution is 0.414. The topological polar surface area (TPSA) is 78.3 Å². The summed E-state index contributed by atoms with van der Waals surface area (Å²) in [6.45, 7) is 9.25. The summed E-state index contributed by atoms with van der Waals surface area (Å²) < 4.78 is 31.8. The van der Waals surface area contributed by atoms with Crippen molar-refractivity contribution >= 4 is 9.84 Å². The minimum Gasteiger partial charge on any atom is -0.497 e. The van der Waals surface area contributed by atoms with Crippen LogP contribution >= 0.6 is 0 Å². The van der Waals surface area contributed by atoms with Gasteiger partial charge in [0.15, 0.2) is 0 Å². The maximum atomic E-state index is 13.3. The molecule has 1 aliphatic rings. The summed E-state index contributed by atoms with van der Waals surface area (Å²) in [6, 6.07) is 5.63. The van der Waals surface area contributed by atoms with Crippen LogP contribution in [0.3, 0.4) is 0 Å². The van der Waals surface area contributed by atoms with E-state index in [2.05, 4.69) is 11.6 Å². The second-order valence-corrected chi connectivity index (χ2v) is 9.48. The smallest absolute Gasteiger partial charge is 0.258 e. The van der Waals surface area contributed by atoms with Gasteiger partial charge in [-0.1, -0.05) is 32.9 Å². The summed E-state index contributed by atoms with van der Waals surface area (Å²) in [5.41, 5.74) is 1.92. The first-order valence-corrected chi connectivity index (χ1v) is 10.5. The van der Waals surface area contributed by atoms with Crippen LogP contribution in [-0.2, 0) is 28.2 Å². The molecule has 144 valence electrons. The molecule has 0 fully saturated rings. The first-order valence-electron chi connectivity index (χ1n) is 8.82. The molecule has 0 atom stereocenters. The molecule has 27 heavy (non-hydrogen) atoms. The zero-order valence-electron chi connectivity index (χ0n) is 16.1. The van der Waals surface area contributed by atoms with Gasteiger partial charge in [0.05, 0.1) is 18.6 Å². The Morgan fingerprint density at radius 1 is 1.37 bits per heavy atom. The van der Waals surface area contributed by atoms with Gasteiger partial charge in [0.25, 0.3) is 5.56 Å². The Morgan fingerprint density at radius 3 is 2.67 bits per heavy atom. The number of hydrogen-bond acceptors (Lipinski definition) is 5. The molecule has 1 aromatic heterocycles. The zero-order valence-corrected chi connectivity index (χ0v) is 16.9. The highest BCUT2D eigenvalue weighted by Gasteiger charge is 2.37. The maximum absolute atomic E-state index is 13.3. The predicted molar refractivity (Wildman–Crippen MR) is 105 cm³/mol. The molecular weight excluding hydrogens is 364 g/mol. The van der Waals surface area contributed by atoms with E-state index in [1.165, 1.54) is 10.6 Å². The fourth-order valence-corrected chi connectivity index (χ4v) is 4.60. The van der Waals surface area contributed by atoms with Crippen LogP contribution in [0.2, 0.25) is 0 Å². The first-order chi connectivity index (χ1) is 12.7. The number of rotatable bonds is 5. The summed E-state index contributed by atoms with van der Waals surface area (Å²) in [6.07, 6.45) is 2.17. The van der Waals surface area contributed by atoms with Gasteiger partial charge in [-0.3, -0.25) is 9.36 Å². The molecule has 2 aromatic rings. The number of methoxy groups -OCH3 is 1. The molecule has 0 unspecified atom stereocenters. The van der Waals surface area contributed by atoms with Gasteiger partial charge in [0, 0.05) is 23.1 Å². The Balaban J connectivity index is 2.47. The Labute approximate surface area is 159 Å². The zero-order chi connectivity index (χ0) is 20.0. The maximum Gasteiger partial charge on any atom is 0.258 e. The molecular formula is C20H24N2O4S. The van der Waals surface area contributed by atoms with Gasteiger partial charge in [-0.15, -0.1) is 6.58 Å². The van der Waals surface area contributed by atoms with E-state index in [-0.39, 0.29) is 23.0 Å². The fourth-order valence-electron chi connectivity index (χ4n) is 3.62. The number of hydrogen-bond donors (Lipinski definition) is 0. The number of nitrogens with zero attached hydrogens (tertiary/aromatic N) is 2. The van der Waals surface area contributed by atoms with Gasteiger partial charge in [-0.05, 0) is 24.1 Å². The molecule has 0 N–H and O–H groups in total. The molecule has 0 bridgehead atoms. The molecule has 1 aliphatic carbocycles. The molecule has 0 saturated carbocycles. The van der Waals surface area contributed by atoms with Crippen molar-refractivity contribution in [1.82, 2.24) is 9.55 Å². The molecule has 3 rings (SSSR count). The number of ether oxygens (including phenoxy) is 1. The van der Waals surface area contributed by atoms with Crippen LogP contribution in [0.4, 0.5) is 0 Å². The van der Waals surface area contributed by atoms with Crippen molar-refractivity contribution in [1.29, 1.82) is 0 Å². The van der Waals surface area contributed by atoms with E-state index in [0.29, 0.717) is 23.4 Å². The molecule has 0 aliphatic heterocycles. The summed E-state index contributed by atoms with van der Waals surface area (Å²) in [4.78, 5) is 17.9. The van der Waals surface area contributed by atoms with Crippen LogP contribution in [0.1, 0.15) is 31.9 Å². The Morgan fingerprint density at radius 2 is 2.07 bits per heavy atom. The minimum atomic E-state index is -3.69. The summed E-state index contributed by atoms with van der Waals surface area (Å²) in [5, 5.41) is -0.208. The largest absolute Gasteiger partial charge is 0.497 e. The van der Waals surface area contributed by atoms with Crippen LogP contribution in [0.15, 0.2) is 40.8 Å².